The summed E-state index contributed by atoms with van der Waals surface area (Å²) in [5.41, 5.74) is 10.3. The molecule has 20 heavy (non-hydrogen) atoms. The van der Waals surface area contributed by atoms with Crippen LogP contribution < -0.4 is 16.4 Å². The highest BCUT2D eigenvalue weighted by Gasteiger charge is 2.15. The molecular weight excluding hydrogens is 250 g/mol. The number of nitrogens with zero attached hydrogens (tertiary/aromatic N) is 2. The molecule has 2 heterocycles. The molecule has 0 bridgehead atoms. The van der Waals surface area contributed by atoms with Crippen LogP contribution >= 0.6 is 0 Å². The van der Waals surface area contributed by atoms with Crippen LogP contribution in [0.2, 0.25) is 0 Å². The maximum atomic E-state index is 5.83. The SMILES string of the molecule is Cc1ccc(Nc2nc(N)nc3c2CCNCC3)cc1. The fraction of sp³-hybridized carbons (Fsp3) is 0.333. The van der Waals surface area contributed by atoms with Gasteiger partial charge in [0.2, 0.25) is 5.95 Å². The van der Waals surface area contributed by atoms with Gasteiger partial charge in [0, 0.05) is 24.2 Å². The third-order valence-corrected chi connectivity index (χ3v) is 3.51. The number of aryl methyl sites for hydroxylation is 1. The van der Waals surface area contributed by atoms with Crippen molar-refractivity contribution in [3.63, 3.8) is 0 Å². The van der Waals surface area contributed by atoms with Crippen LogP contribution in [0.15, 0.2) is 24.3 Å². The second-order valence-electron chi connectivity index (χ2n) is 5.10. The van der Waals surface area contributed by atoms with Crippen molar-refractivity contribution in [1.82, 2.24) is 15.3 Å². The third-order valence-electron chi connectivity index (χ3n) is 3.51. The van der Waals surface area contributed by atoms with Crippen LogP contribution in [-0.2, 0) is 12.8 Å². The number of hydrogen-bond donors (Lipinski definition) is 3. The quantitative estimate of drug-likeness (QED) is 0.775. The second kappa shape index (κ2) is 5.46. The van der Waals surface area contributed by atoms with Crippen molar-refractivity contribution in [3.8, 4) is 0 Å². The number of anilines is 3. The molecule has 0 saturated heterocycles. The van der Waals surface area contributed by atoms with E-state index in [1.165, 1.54) is 11.1 Å². The Hall–Kier alpha value is -2.14. The lowest BCUT2D eigenvalue weighted by Gasteiger charge is -2.13. The molecule has 0 amide bonds. The Morgan fingerprint density at radius 1 is 1.10 bits per heavy atom. The van der Waals surface area contributed by atoms with Crippen LogP contribution in [0.25, 0.3) is 0 Å². The number of aromatic nitrogens is 2. The van der Waals surface area contributed by atoms with Crippen molar-refractivity contribution < 1.29 is 0 Å². The van der Waals surface area contributed by atoms with Crippen molar-refractivity contribution in [3.05, 3.63) is 41.1 Å². The Balaban J connectivity index is 1.96. The van der Waals surface area contributed by atoms with Crippen molar-refractivity contribution in [2.24, 2.45) is 0 Å². The van der Waals surface area contributed by atoms with Crippen LogP contribution in [0.5, 0.6) is 0 Å². The molecule has 1 aliphatic heterocycles. The van der Waals surface area contributed by atoms with Crippen LogP contribution in [0.1, 0.15) is 16.8 Å². The second-order valence-corrected chi connectivity index (χ2v) is 5.10. The smallest absolute Gasteiger partial charge is 0.222 e. The van der Waals surface area contributed by atoms with Gasteiger partial charge in [-0.15, -0.1) is 0 Å². The number of benzene rings is 1. The highest BCUT2D eigenvalue weighted by Crippen LogP contribution is 2.24. The van der Waals surface area contributed by atoms with Gasteiger partial charge in [0.25, 0.3) is 0 Å². The van der Waals surface area contributed by atoms with E-state index < -0.39 is 0 Å². The lowest BCUT2D eigenvalue weighted by atomic mass is 10.1. The average molecular weight is 269 g/mol. The van der Waals surface area contributed by atoms with Gasteiger partial charge in [-0.05, 0) is 32.0 Å². The predicted molar refractivity (Wildman–Crippen MR) is 81.2 cm³/mol. The van der Waals surface area contributed by atoms with Gasteiger partial charge in [-0.3, -0.25) is 0 Å². The highest BCUT2D eigenvalue weighted by atomic mass is 15.1. The van der Waals surface area contributed by atoms with Crippen molar-refractivity contribution in [2.45, 2.75) is 19.8 Å². The number of rotatable bonds is 2. The van der Waals surface area contributed by atoms with E-state index >= 15 is 0 Å². The fourth-order valence-electron chi connectivity index (χ4n) is 2.44. The van der Waals surface area contributed by atoms with E-state index in [4.69, 9.17) is 5.73 Å². The zero-order chi connectivity index (χ0) is 13.9. The average Bonchev–Trinajstić information content (AvgIpc) is 2.66. The zero-order valence-electron chi connectivity index (χ0n) is 11.6. The number of nitrogens with one attached hydrogen (secondary N) is 2. The molecule has 2 aromatic rings. The molecule has 5 nitrogen and oxygen atoms in total. The van der Waals surface area contributed by atoms with Gasteiger partial charge in [0.05, 0.1) is 5.69 Å². The molecule has 0 radical (unpaired) electrons. The largest absolute Gasteiger partial charge is 0.368 e. The summed E-state index contributed by atoms with van der Waals surface area (Å²) in [4.78, 5) is 8.75. The molecule has 0 aliphatic carbocycles. The van der Waals surface area contributed by atoms with Gasteiger partial charge in [-0.1, -0.05) is 17.7 Å². The van der Waals surface area contributed by atoms with Crippen LogP contribution in [0, 0.1) is 6.92 Å². The minimum Gasteiger partial charge on any atom is -0.368 e. The van der Waals surface area contributed by atoms with Gasteiger partial charge >= 0.3 is 0 Å². The van der Waals surface area contributed by atoms with E-state index in [-0.39, 0.29) is 0 Å². The summed E-state index contributed by atoms with van der Waals surface area (Å²) in [6, 6.07) is 8.25. The van der Waals surface area contributed by atoms with Crippen molar-refractivity contribution >= 4 is 17.5 Å². The molecular formula is C15H19N5. The van der Waals surface area contributed by atoms with Crippen molar-refractivity contribution in [1.29, 1.82) is 0 Å². The third kappa shape index (κ3) is 2.72. The van der Waals surface area contributed by atoms with Crippen molar-refractivity contribution in [2.75, 3.05) is 24.1 Å². The fourth-order valence-corrected chi connectivity index (χ4v) is 2.44. The summed E-state index contributed by atoms with van der Waals surface area (Å²) in [6.45, 7) is 3.96. The first-order chi connectivity index (χ1) is 9.72. The Kier molecular flexibility index (Phi) is 3.52. The molecule has 104 valence electrons. The predicted octanol–water partition coefficient (Wildman–Crippen LogP) is 1.80. The molecule has 5 heteroatoms. The van der Waals surface area contributed by atoms with Gasteiger partial charge < -0.3 is 16.4 Å². The molecule has 3 rings (SSSR count). The van der Waals surface area contributed by atoms with E-state index in [2.05, 4.69) is 51.8 Å². The Bertz CT molecular complexity index is 606. The van der Waals surface area contributed by atoms with Crippen LogP contribution in [-0.4, -0.2) is 23.1 Å². The number of fused-ring (bicyclic) bond motifs is 1. The highest BCUT2D eigenvalue weighted by molar-refractivity contribution is 5.62. The molecule has 1 aliphatic rings. The maximum Gasteiger partial charge on any atom is 0.222 e. The Morgan fingerprint density at radius 3 is 2.65 bits per heavy atom. The van der Waals surface area contributed by atoms with Gasteiger partial charge in [0.15, 0.2) is 0 Å². The number of nitrogens with two attached hydrogens (primary N) is 1. The first kappa shape index (κ1) is 12.9. The van der Waals surface area contributed by atoms with Crippen LogP contribution in [0.3, 0.4) is 0 Å². The normalized spacial score (nSPS) is 14.4. The molecule has 0 spiro atoms. The Labute approximate surface area is 118 Å². The van der Waals surface area contributed by atoms with E-state index in [1.54, 1.807) is 0 Å². The van der Waals surface area contributed by atoms with E-state index in [9.17, 15) is 0 Å². The number of nitrogen functional groups attached to an aromatic ring is 1. The van der Waals surface area contributed by atoms with Gasteiger partial charge in [0.1, 0.15) is 5.82 Å². The minimum absolute atomic E-state index is 0.334. The summed E-state index contributed by atoms with van der Waals surface area (Å²) in [7, 11) is 0. The van der Waals surface area contributed by atoms with E-state index in [0.29, 0.717) is 5.95 Å². The summed E-state index contributed by atoms with van der Waals surface area (Å²) in [6.07, 6.45) is 1.81. The molecule has 0 saturated carbocycles. The van der Waals surface area contributed by atoms with E-state index in [0.717, 1.165) is 43.1 Å². The first-order valence-corrected chi connectivity index (χ1v) is 6.92. The molecule has 0 unspecified atom stereocenters. The lowest BCUT2D eigenvalue weighted by Crippen LogP contribution is -2.16. The van der Waals surface area contributed by atoms with Crippen LogP contribution in [0.4, 0.5) is 17.5 Å². The van der Waals surface area contributed by atoms with Gasteiger partial charge in [-0.25, -0.2) is 4.98 Å². The Morgan fingerprint density at radius 2 is 1.85 bits per heavy atom. The molecule has 1 aromatic heterocycles. The summed E-state index contributed by atoms with van der Waals surface area (Å²) < 4.78 is 0. The minimum atomic E-state index is 0.334. The topological polar surface area (TPSA) is 75.9 Å². The standard InChI is InChI=1S/C15H19N5/c1-10-2-4-11(5-3-10)18-14-12-6-8-17-9-7-13(12)19-15(16)20-14/h2-5,17H,6-9H2,1H3,(H3,16,18,19,20). The van der Waals surface area contributed by atoms with Gasteiger partial charge in [-0.2, -0.15) is 4.98 Å². The molecule has 1 aromatic carbocycles. The maximum absolute atomic E-state index is 5.83. The molecule has 0 fully saturated rings. The summed E-state index contributed by atoms with van der Waals surface area (Å²) in [5, 5.41) is 6.74. The summed E-state index contributed by atoms with van der Waals surface area (Å²) >= 11 is 0. The van der Waals surface area contributed by atoms with E-state index in [1.807, 2.05) is 0 Å². The number of hydrogen-bond acceptors (Lipinski definition) is 5. The lowest BCUT2D eigenvalue weighted by molar-refractivity contribution is 0.708. The molecule has 4 N–H and O–H groups in total. The summed E-state index contributed by atoms with van der Waals surface area (Å²) in [5.74, 6) is 1.17. The monoisotopic (exact) mass is 269 g/mol. The zero-order valence-corrected chi connectivity index (χ0v) is 11.6. The molecule has 0 atom stereocenters. The first-order valence-electron chi connectivity index (χ1n) is 6.92.